The standard InChI is InChI=1S/C13H23N3O5/c1-4-16(10-8-21-7-9(10)12(18)19)13(20)14-6-5-11(17)15(2)3/h9-10H,4-8H2,1-3H3,(H,14,20)(H,18,19). The minimum atomic E-state index is -0.966. The fourth-order valence-electron chi connectivity index (χ4n) is 2.22. The Morgan fingerprint density at radius 3 is 2.48 bits per heavy atom. The van der Waals surface area contributed by atoms with E-state index in [0.717, 1.165) is 0 Å². The van der Waals surface area contributed by atoms with Crippen molar-refractivity contribution in [2.24, 2.45) is 5.92 Å². The van der Waals surface area contributed by atoms with Gasteiger partial charge in [-0.3, -0.25) is 9.59 Å². The number of hydrogen-bond acceptors (Lipinski definition) is 4. The number of likely N-dealkylation sites (N-methyl/N-ethyl adjacent to an activating group) is 1. The molecule has 0 aliphatic carbocycles. The maximum absolute atomic E-state index is 12.1. The van der Waals surface area contributed by atoms with Crippen LogP contribution in [0.15, 0.2) is 0 Å². The molecule has 1 heterocycles. The summed E-state index contributed by atoms with van der Waals surface area (Å²) < 4.78 is 5.17. The van der Waals surface area contributed by atoms with Gasteiger partial charge in [-0.2, -0.15) is 0 Å². The van der Waals surface area contributed by atoms with Gasteiger partial charge < -0.3 is 25.0 Å². The van der Waals surface area contributed by atoms with Crippen LogP contribution in [0.3, 0.4) is 0 Å². The molecular weight excluding hydrogens is 278 g/mol. The zero-order valence-electron chi connectivity index (χ0n) is 12.7. The van der Waals surface area contributed by atoms with Crippen LogP contribution >= 0.6 is 0 Å². The van der Waals surface area contributed by atoms with E-state index in [1.165, 1.54) is 9.80 Å². The molecule has 120 valence electrons. The minimum Gasteiger partial charge on any atom is -0.481 e. The predicted octanol–water partition coefficient (Wildman–Crippen LogP) is -0.404. The molecule has 2 N–H and O–H groups in total. The second kappa shape index (κ2) is 7.82. The lowest BCUT2D eigenvalue weighted by Gasteiger charge is -2.29. The minimum absolute atomic E-state index is 0.0778. The first-order valence-electron chi connectivity index (χ1n) is 6.93. The molecular formula is C13H23N3O5. The quantitative estimate of drug-likeness (QED) is 0.695. The van der Waals surface area contributed by atoms with Crippen LogP contribution in [0.4, 0.5) is 4.79 Å². The van der Waals surface area contributed by atoms with Gasteiger partial charge in [-0.05, 0) is 6.92 Å². The van der Waals surface area contributed by atoms with Crippen molar-refractivity contribution in [1.82, 2.24) is 15.1 Å². The molecule has 8 nitrogen and oxygen atoms in total. The summed E-state index contributed by atoms with van der Waals surface area (Å²) in [5.41, 5.74) is 0. The molecule has 1 aliphatic heterocycles. The Balaban J connectivity index is 2.53. The number of aliphatic carboxylic acids is 1. The third-order valence-corrected chi connectivity index (χ3v) is 3.48. The van der Waals surface area contributed by atoms with Gasteiger partial charge in [-0.15, -0.1) is 0 Å². The summed E-state index contributed by atoms with van der Waals surface area (Å²) in [6.45, 7) is 2.71. The summed E-state index contributed by atoms with van der Waals surface area (Å²) in [4.78, 5) is 37.6. The van der Waals surface area contributed by atoms with Crippen LogP contribution in [0, 0.1) is 5.92 Å². The lowest BCUT2D eigenvalue weighted by molar-refractivity contribution is -0.142. The molecule has 0 aromatic heterocycles. The number of urea groups is 1. The van der Waals surface area contributed by atoms with Crippen molar-refractivity contribution < 1.29 is 24.2 Å². The second-order valence-corrected chi connectivity index (χ2v) is 5.11. The highest BCUT2D eigenvalue weighted by Crippen LogP contribution is 2.20. The topological polar surface area (TPSA) is 99.2 Å². The molecule has 8 heteroatoms. The van der Waals surface area contributed by atoms with E-state index in [1.807, 2.05) is 0 Å². The number of carbonyl (C=O) groups excluding carboxylic acids is 2. The molecule has 1 aliphatic rings. The van der Waals surface area contributed by atoms with E-state index >= 15 is 0 Å². The van der Waals surface area contributed by atoms with E-state index in [2.05, 4.69) is 5.32 Å². The lowest BCUT2D eigenvalue weighted by atomic mass is 10.0. The smallest absolute Gasteiger partial charge is 0.317 e. The van der Waals surface area contributed by atoms with Crippen molar-refractivity contribution in [2.45, 2.75) is 19.4 Å². The van der Waals surface area contributed by atoms with Crippen LogP contribution < -0.4 is 5.32 Å². The van der Waals surface area contributed by atoms with Crippen LogP contribution in [-0.4, -0.2) is 79.3 Å². The Bertz CT molecular complexity index is 399. The SMILES string of the molecule is CCN(C(=O)NCCC(=O)N(C)C)C1COCC1C(=O)O. The van der Waals surface area contributed by atoms with E-state index in [-0.39, 0.29) is 38.1 Å². The van der Waals surface area contributed by atoms with E-state index in [1.54, 1.807) is 21.0 Å². The third kappa shape index (κ3) is 4.59. The van der Waals surface area contributed by atoms with Gasteiger partial charge in [-0.1, -0.05) is 0 Å². The van der Waals surface area contributed by atoms with E-state index < -0.39 is 17.9 Å². The zero-order valence-corrected chi connectivity index (χ0v) is 12.7. The summed E-state index contributed by atoms with van der Waals surface area (Å²) in [7, 11) is 3.30. The number of ether oxygens (including phenoxy) is 1. The largest absolute Gasteiger partial charge is 0.481 e. The molecule has 0 spiro atoms. The molecule has 2 unspecified atom stereocenters. The molecule has 1 rings (SSSR count). The maximum atomic E-state index is 12.1. The highest BCUT2D eigenvalue weighted by atomic mass is 16.5. The Labute approximate surface area is 124 Å². The van der Waals surface area contributed by atoms with Gasteiger partial charge in [-0.25, -0.2) is 4.79 Å². The van der Waals surface area contributed by atoms with Crippen molar-refractivity contribution in [1.29, 1.82) is 0 Å². The van der Waals surface area contributed by atoms with Gasteiger partial charge in [0.1, 0.15) is 5.92 Å². The number of carbonyl (C=O) groups is 3. The maximum Gasteiger partial charge on any atom is 0.317 e. The molecule has 2 atom stereocenters. The van der Waals surface area contributed by atoms with Crippen LogP contribution in [-0.2, 0) is 14.3 Å². The van der Waals surface area contributed by atoms with Crippen molar-refractivity contribution in [3.8, 4) is 0 Å². The van der Waals surface area contributed by atoms with Gasteiger partial charge in [0, 0.05) is 33.6 Å². The Morgan fingerprint density at radius 2 is 1.95 bits per heavy atom. The highest BCUT2D eigenvalue weighted by molar-refractivity contribution is 5.79. The average molecular weight is 301 g/mol. The van der Waals surface area contributed by atoms with Crippen LogP contribution in [0.2, 0.25) is 0 Å². The highest BCUT2D eigenvalue weighted by Gasteiger charge is 2.39. The van der Waals surface area contributed by atoms with Crippen LogP contribution in [0.1, 0.15) is 13.3 Å². The van der Waals surface area contributed by atoms with Crippen molar-refractivity contribution in [2.75, 3.05) is 40.4 Å². The first-order valence-corrected chi connectivity index (χ1v) is 6.93. The van der Waals surface area contributed by atoms with Crippen molar-refractivity contribution >= 4 is 17.9 Å². The number of carboxylic acid groups (broad SMARTS) is 1. The normalized spacial score (nSPS) is 20.9. The fraction of sp³-hybridized carbons (Fsp3) is 0.769. The number of carboxylic acids is 1. The molecule has 0 saturated carbocycles. The summed E-state index contributed by atoms with van der Waals surface area (Å²) in [6, 6.07) is -0.845. The summed E-state index contributed by atoms with van der Waals surface area (Å²) in [5.74, 6) is -1.75. The third-order valence-electron chi connectivity index (χ3n) is 3.48. The summed E-state index contributed by atoms with van der Waals surface area (Å²) >= 11 is 0. The number of amides is 3. The lowest BCUT2D eigenvalue weighted by Crippen LogP contribution is -2.50. The molecule has 0 aromatic carbocycles. The van der Waals surface area contributed by atoms with Gasteiger partial charge in [0.05, 0.1) is 19.3 Å². The molecule has 1 saturated heterocycles. The molecule has 3 amide bonds. The summed E-state index contributed by atoms with van der Waals surface area (Å²) in [5, 5.41) is 11.8. The Kier molecular flexibility index (Phi) is 6.41. The van der Waals surface area contributed by atoms with E-state index in [0.29, 0.717) is 6.54 Å². The fourth-order valence-corrected chi connectivity index (χ4v) is 2.22. The van der Waals surface area contributed by atoms with Crippen LogP contribution in [0.5, 0.6) is 0 Å². The molecule has 0 bridgehead atoms. The monoisotopic (exact) mass is 301 g/mol. The number of nitrogens with one attached hydrogen (secondary N) is 1. The van der Waals surface area contributed by atoms with Gasteiger partial charge in [0.25, 0.3) is 0 Å². The number of rotatable bonds is 6. The second-order valence-electron chi connectivity index (χ2n) is 5.11. The number of nitrogens with zero attached hydrogens (tertiary/aromatic N) is 2. The van der Waals surface area contributed by atoms with Gasteiger partial charge in [0.2, 0.25) is 5.91 Å². The Morgan fingerprint density at radius 1 is 1.29 bits per heavy atom. The molecule has 0 aromatic rings. The predicted molar refractivity (Wildman–Crippen MR) is 74.8 cm³/mol. The first-order chi connectivity index (χ1) is 9.88. The molecule has 21 heavy (non-hydrogen) atoms. The van der Waals surface area contributed by atoms with Crippen molar-refractivity contribution in [3.63, 3.8) is 0 Å². The van der Waals surface area contributed by atoms with E-state index in [9.17, 15) is 14.4 Å². The number of hydrogen-bond donors (Lipinski definition) is 2. The molecule has 0 radical (unpaired) electrons. The van der Waals surface area contributed by atoms with Crippen molar-refractivity contribution in [3.05, 3.63) is 0 Å². The Hall–Kier alpha value is -1.83. The zero-order chi connectivity index (χ0) is 16.0. The van der Waals surface area contributed by atoms with Crippen LogP contribution in [0.25, 0.3) is 0 Å². The average Bonchev–Trinajstić information content (AvgIpc) is 2.88. The summed E-state index contributed by atoms with van der Waals surface area (Å²) in [6.07, 6.45) is 0.208. The molecule has 1 fully saturated rings. The van der Waals surface area contributed by atoms with Gasteiger partial charge in [0.15, 0.2) is 0 Å². The van der Waals surface area contributed by atoms with Gasteiger partial charge >= 0.3 is 12.0 Å². The van der Waals surface area contributed by atoms with E-state index in [4.69, 9.17) is 9.84 Å². The first kappa shape index (κ1) is 17.2.